The molecule has 0 saturated carbocycles. The van der Waals surface area contributed by atoms with Gasteiger partial charge < -0.3 is 10.2 Å². The van der Waals surface area contributed by atoms with Crippen molar-refractivity contribution in [2.45, 2.75) is 12.3 Å². The summed E-state index contributed by atoms with van der Waals surface area (Å²) in [5, 5.41) is 3.43. The lowest BCUT2D eigenvalue weighted by atomic mass is 9.77. The van der Waals surface area contributed by atoms with Crippen LogP contribution >= 0.6 is 0 Å². The Morgan fingerprint density at radius 3 is 3.19 bits per heavy atom. The first-order chi connectivity index (χ1) is 7.75. The minimum absolute atomic E-state index is 0.105. The number of benzene rings is 1. The molecule has 0 aliphatic carbocycles. The number of anilines is 1. The molecule has 1 aromatic rings. The lowest BCUT2D eigenvalue weighted by Gasteiger charge is -2.42. The number of halogens is 1. The Balaban J connectivity index is 2.05. The molecule has 3 heteroatoms. The monoisotopic (exact) mass is 220 g/mol. The first-order valence-corrected chi connectivity index (χ1v) is 5.97. The number of fused-ring (bicyclic) bond motifs is 3. The van der Waals surface area contributed by atoms with E-state index in [0.29, 0.717) is 11.8 Å². The van der Waals surface area contributed by atoms with Gasteiger partial charge >= 0.3 is 0 Å². The van der Waals surface area contributed by atoms with Crippen LogP contribution in [0.1, 0.15) is 17.9 Å². The maximum Gasteiger partial charge on any atom is 0.123 e. The molecule has 3 rings (SSSR count). The van der Waals surface area contributed by atoms with Crippen LogP contribution in [-0.4, -0.2) is 26.7 Å². The van der Waals surface area contributed by atoms with Gasteiger partial charge in [0.15, 0.2) is 0 Å². The molecule has 1 fully saturated rings. The average Bonchev–Trinajstić information content (AvgIpc) is 2.29. The Labute approximate surface area is 95.4 Å². The summed E-state index contributed by atoms with van der Waals surface area (Å²) < 4.78 is 13.3. The highest BCUT2D eigenvalue weighted by Gasteiger charge is 2.33. The van der Waals surface area contributed by atoms with Crippen molar-refractivity contribution in [2.24, 2.45) is 5.92 Å². The molecule has 2 aliphatic heterocycles. The summed E-state index contributed by atoms with van der Waals surface area (Å²) in [5.41, 5.74) is 2.42. The molecule has 2 aliphatic rings. The van der Waals surface area contributed by atoms with E-state index in [9.17, 15) is 4.39 Å². The van der Waals surface area contributed by atoms with E-state index in [2.05, 4.69) is 17.3 Å². The van der Waals surface area contributed by atoms with Gasteiger partial charge in [0.2, 0.25) is 0 Å². The van der Waals surface area contributed by atoms with Crippen LogP contribution in [0.4, 0.5) is 10.1 Å². The summed E-state index contributed by atoms with van der Waals surface area (Å²) in [6, 6.07) is 5.22. The topological polar surface area (TPSA) is 15.3 Å². The van der Waals surface area contributed by atoms with Gasteiger partial charge in [0.05, 0.1) is 0 Å². The standard InChI is InChI=1S/C13H17FN2/c1-16-8-9-7-15-5-4-11(9)12-6-10(14)2-3-13(12)16/h2-3,6,9,11,15H,4-5,7-8H2,1H3. The van der Waals surface area contributed by atoms with Crippen molar-refractivity contribution < 1.29 is 4.39 Å². The Morgan fingerprint density at radius 1 is 1.44 bits per heavy atom. The third kappa shape index (κ3) is 1.50. The van der Waals surface area contributed by atoms with Crippen LogP contribution in [0, 0.1) is 11.7 Å². The van der Waals surface area contributed by atoms with Crippen LogP contribution in [0.25, 0.3) is 0 Å². The third-order valence-corrected chi connectivity index (χ3v) is 3.92. The second-order valence-corrected chi connectivity index (χ2v) is 4.94. The molecule has 0 aromatic heterocycles. The van der Waals surface area contributed by atoms with Crippen LogP contribution in [-0.2, 0) is 0 Å². The molecule has 1 N–H and O–H groups in total. The molecule has 0 bridgehead atoms. The minimum atomic E-state index is -0.105. The van der Waals surface area contributed by atoms with E-state index in [1.54, 1.807) is 12.1 Å². The molecular weight excluding hydrogens is 203 g/mol. The van der Waals surface area contributed by atoms with Gasteiger partial charge in [0, 0.05) is 25.8 Å². The van der Waals surface area contributed by atoms with E-state index >= 15 is 0 Å². The van der Waals surface area contributed by atoms with Crippen molar-refractivity contribution in [3.8, 4) is 0 Å². The molecule has 2 unspecified atom stereocenters. The highest BCUT2D eigenvalue weighted by atomic mass is 19.1. The summed E-state index contributed by atoms with van der Waals surface area (Å²) in [5.74, 6) is 1.07. The van der Waals surface area contributed by atoms with E-state index in [1.165, 1.54) is 11.3 Å². The molecule has 2 nitrogen and oxygen atoms in total. The predicted molar refractivity (Wildman–Crippen MR) is 63.4 cm³/mol. The van der Waals surface area contributed by atoms with Crippen LogP contribution in [0.5, 0.6) is 0 Å². The van der Waals surface area contributed by atoms with Gasteiger partial charge in [-0.2, -0.15) is 0 Å². The van der Waals surface area contributed by atoms with Gasteiger partial charge in [0.1, 0.15) is 5.82 Å². The molecular formula is C13H17FN2. The Hall–Kier alpha value is -1.09. The second kappa shape index (κ2) is 3.74. The zero-order chi connectivity index (χ0) is 11.1. The summed E-state index contributed by atoms with van der Waals surface area (Å²) >= 11 is 0. The van der Waals surface area contributed by atoms with E-state index in [-0.39, 0.29) is 5.82 Å². The average molecular weight is 220 g/mol. The first-order valence-electron chi connectivity index (χ1n) is 5.97. The lowest BCUT2D eigenvalue weighted by Crippen LogP contribution is -2.44. The van der Waals surface area contributed by atoms with Gasteiger partial charge in [0.25, 0.3) is 0 Å². The number of rotatable bonds is 0. The summed E-state index contributed by atoms with van der Waals surface area (Å²) in [6.45, 7) is 3.20. The van der Waals surface area contributed by atoms with Crippen molar-refractivity contribution in [3.63, 3.8) is 0 Å². The first kappa shape index (κ1) is 10.1. The molecule has 2 heterocycles. The zero-order valence-corrected chi connectivity index (χ0v) is 9.54. The van der Waals surface area contributed by atoms with Crippen LogP contribution in [0.3, 0.4) is 0 Å². The van der Waals surface area contributed by atoms with E-state index in [0.717, 1.165) is 26.1 Å². The van der Waals surface area contributed by atoms with Gasteiger partial charge in [-0.3, -0.25) is 0 Å². The van der Waals surface area contributed by atoms with Gasteiger partial charge in [-0.1, -0.05) is 0 Å². The number of piperidine rings is 1. The Kier molecular flexibility index (Phi) is 2.36. The number of nitrogens with zero attached hydrogens (tertiary/aromatic N) is 1. The van der Waals surface area contributed by atoms with Crippen LogP contribution in [0.15, 0.2) is 18.2 Å². The van der Waals surface area contributed by atoms with Gasteiger partial charge in [-0.15, -0.1) is 0 Å². The maximum atomic E-state index is 13.3. The molecule has 86 valence electrons. The van der Waals surface area contributed by atoms with Gasteiger partial charge in [-0.05, 0) is 48.6 Å². The predicted octanol–water partition coefficient (Wildman–Crippen LogP) is 1.97. The number of nitrogens with one attached hydrogen (secondary N) is 1. The Bertz CT molecular complexity index is 405. The molecule has 1 aromatic carbocycles. The fourth-order valence-electron chi connectivity index (χ4n) is 3.14. The fraction of sp³-hybridized carbons (Fsp3) is 0.538. The van der Waals surface area contributed by atoms with E-state index < -0.39 is 0 Å². The largest absolute Gasteiger partial charge is 0.374 e. The van der Waals surface area contributed by atoms with Gasteiger partial charge in [-0.25, -0.2) is 4.39 Å². The smallest absolute Gasteiger partial charge is 0.123 e. The van der Waals surface area contributed by atoms with E-state index in [4.69, 9.17) is 0 Å². The number of hydrogen-bond donors (Lipinski definition) is 1. The van der Waals surface area contributed by atoms with E-state index in [1.807, 2.05) is 6.07 Å². The fourth-order valence-corrected chi connectivity index (χ4v) is 3.14. The molecule has 1 saturated heterocycles. The van der Waals surface area contributed by atoms with Crippen molar-refractivity contribution in [3.05, 3.63) is 29.6 Å². The lowest BCUT2D eigenvalue weighted by molar-refractivity contribution is 0.318. The summed E-state index contributed by atoms with van der Waals surface area (Å²) in [7, 11) is 2.10. The molecule has 16 heavy (non-hydrogen) atoms. The molecule has 0 radical (unpaired) electrons. The van der Waals surface area contributed by atoms with Crippen molar-refractivity contribution >= 4 is 5.69 Å². The maximum absolute atomic E-state index is 13.3. The molecule has 0 spiro atoms. The highest BCUT2D eigenvalue weighted by molar-refractivity contribution is 5.57. The quantitative estimate of drug-likeness (QED) is 0.719. The second-order valence-electron chi connectivity index (χ2n) is 4.94. The molecule has 2 atom stereocenters. The van der Waals surface area contributed by atoms with Crippen molar-refractivity contribution in [1.82, 2.24) is 5.32 Å². The van der Waals surface area contributed by atoms with Crippen LogP contribution < -0.4 is 10.2 Å². The third-order valence-electron chi connectivity index (χ3n) is 3.92. The number of hydrogen-bond acceptors (Lipinski definition) is 2. The normalized spacial score (nSPS) is 28.5. The summed E-state index contributed by atoms with van der Waals surface area (Å²) in [6.07, 6.45) is 1.13. The molecule has 0 amide bonds. The highest BCUT2D eigenvalue weighted by Crippen LogP contribution is 2.41. The van der Waals surface area contributed by atoms with Crippen molar-refractivity contribution in [1.29, 1.82) is 0 Å². The Morgan fingerprint density at radius 2 is 2.31 bits per heavy atom. The zero-order valence-electron chi connectivity index (χ0n) is 9.54. The minimum Gasteiger partial charge on any atom is -0.374 e. The summed E-state index contributed by atoms with van der Waals surface area (Å²) in [4.78, 5) is 2.25. The SMILES string of the molecule is CN1CC2CNCCC2c2cc(F)ccc21. The van der Waals surface area contributed by atoms with Crippen LogP contribution in [0.2, 0.25) is 0 Å². The van der Waals surface area contributed by atoms with Crippen molar-refractivity contribution in [2.75, 3.05) is 31.6 Å².